The molecule has 0 unspecified atom stereocenters. The largest absolute Gasteiger partial charge is 0.482 e. The molecule has 1 aromatic rings. The summed E-state index contributed by atoms with van der Waals surface area (Å²) < 4.78 is 10.5. The molecule has 158 valence electrons. The highest BCUT2D eigenvalue weighted by molar-refractivity contribution is 5.97. The van der Waals surface area contributed by atoms with E-state index in [1.165, 1.54) is 0 Å². The quantitative estimate of drug-likeness (QED) is 0.421. The first-order valence-corrected chi connectivity index (χ1v) is 10.1. The number of amides is 2. The number of fused-ring (bicyclic) bond motifs is 1. The Balaban J connectivity index is 1.40. The molecule has 9 nitrogen and oxygen atoms in total. The monoisotopic (exact) mass is 403 g/mol. The van der Waals surface area contributed by atoms with Crippen LogP contribution in [0.15, 0.2) is 29.3 Å². The van der Waals surface area contributed by atoms with Crippen molar-refractivity contribution < 1.29 is 19.1 Å². The normalized spacial score (nSPS) is 17.6. The summed E-state index contributed by atoms with van der Waals surface area (Å²) in [5.74, 6) is 1.08. The smallest absolute Gasteiger partial charge is 0.409 e. The third kappa shape index (κ3) is 5.52. The molecule has 0 spiro atoms. The van der Waals surface area contributed by atoms with E-state index in [9.17, 15) is 9.59 Å². The van der Waals surface area contributed by atoms with Gasteiger partial charge in [-0.05, 0) is 38.3 Å². The lowest BCUT2D eigenvalue weighted by Crippen LogP contribution is -2.48. The number of benzene rings is 1. The van der Waals surface area contributed by atoms with Crippen molar-refractivity contribution in [2.45, 2.75) is 32.2 Å². The Morgan fingerprint density at radius 3 is 2.86 bits per heavy atom. The zero-order chi connectivity index (χ0) is 20.6. The topological polar surface area (TPSA) is 109 Å². The summed E-state index contributed by atoms with van der Waals surface area (Å²) >= 11 is 0. The molecule has 0 radical (unpaired) electrons. The highest BCUT2D eigenvalue weighted by atomic mass is 16.6. The molecule has 3 rings (SSSR count). The Kier molecular flexibility index (Phi) is 7.15. The SMILES string of the molecule is CCOC(=O)N1CCC(NC(N)=NCCCN2C(=O)COc3ccccc32)CC1. The summed E-state index contributed by atoms with van der Waals surface area (Å²) in [7, 11) is 0. The summed E-state index contributed by atoms with van der Waals surface area (Å²) in [4.78, 5) is 31.7. The molecular weight excluding hydrogens is 374 g/mol. The van der Waals surface area contributed by atoms with Gasteiger partial charge in [0.1, 0.15) is 5.75 Å². The lowest BCUT2D eigenvalue weighted by Gasteiger charge is -2.31. The second kappa shape index (κ2) is 9.99. The van der Waals surface area contributed by atoms with Crippen LogP contribution in [-0.2, 0) is 9.53 Å². The Morgan fingerprint density at radius 1 is 1.34 bits per heavy atom. The van der Waals surface area contributed by atoms with Crippen LogP contribution in [0.2, 0.25) is 0 Å². The first-order chi connectivity index (χ1) is 14.1. The summed E-state index contributed by atoms with van der Waals surface area (Å²) in [5.41, 5.74) is 6.80. The number of para-hydroxylation sites is 2. The van der Waals surface area contributed by atoms with Crippen LogP contribution in [0.1, 0.15) is 26.2 Å². The number of ether oxygens (including phenoxy) is 2. The van der Waals surface area contributed by atoms with Crippen LogP contribution >= 0.6 is 0 Å². The molecule has 3 N–H and O–H groups in total. The molecule has 0 bridgehead atoms. The van der Waals surface area contributed by atoms with Crippen molar-refractivity contribution in [1.82, 2.24) is 10.2 Å². The van der Waals surface area contributed by atoms with Gasteiger partial charge < -0.3 is 30.3 Å². The molecule has 29 heavy (non-hydrogen) atoms. The standard InChI is InChI=1S/C20H29N5O4/c1-2-28-20(27)24-12-8-15(9-13-24)23-19(21)22-10-5-11-25-16-6-3-4-7-17(16)29-14-18(25)26/h3-4,6-7,15H,2,5,8-14H2,1H3,(H3,21,22,23). The maximum absolute atomic E-state index is 12.2. The van der Waals surface area contributed by atoms with Crippen molar-refractivity contribution in [2.75, 3.05) is 44.3 Å². The number of carbonyl (C=O) groups excluding carboxylic acids is 2. The van der Waals surface area contributed by atoms with E-state index in [0.29, 0.717) is 45.2 Å². The zero-order valence-corrected chi connectivity index (χ0v) is 16.8. The highest BCUT2D eigenvalue weighted by Gasteiger charge is 2.25. The molecule has 2 amide bonds. The molecule has 2 aliphatic rings. The second-order valence-electron chi connectivity index (χ2n) is 7.03. The first kappa shape index (κ1) is 20.8. The van der Waals surface area contributed by atoms with E-state index >= 15 is 0 Å². The van der Waals surface area contributed by atoms with Gasteiger partial charge in [0.05, 0.1) is 12.3 Å². The predicted molar refractivity (Wildman–Crippen MR) is 110 cm³/mol. The molecule has 2 heterocycles. The number of carbonyl (C=O) groups is 2. The molecule has 0 aliphatic carbocycles. The molecule has 2 aliphatic heterocycles. The summed E-state index contributed by atoms with van der Waals surface area (Å²) in [5, 5.41) is 3.22. The molecule has 0 atom stereocenters. The Hall–Kier alpha value is -2.97. The fourth-order valence-electron chi connectivity index (χ4n) is 3.50. The number of hydrogen-bond donors (Lipinski definition) is 2. The number of nitrogens with two attached hydrogens (primary N) is 1. The van der Waals surface area contributed by atoms with Gasteiger partial charge in [-0.25, -0.2) is 4.79 Å². The second-order valence-corrected chi connectivity index (χ2v) is 7.03. The fraction of sp³-hybridized carbons (Fsp3) is 0.550. The lowest BCUT2D eigenvalue weighted by atomic mass is 10.1. The maximum atomic E-state index is 12.2. The van der Waals surface area contributed by atoms with Crippen molar-refractivity contribution in [3.05, 3.63) is 24.3 Å². The van der Waals surface area contributed by atoms with E-state index in [4.69, 9.17) is 15.2 Å². The van der Waals surface area contributed by atoms with E-state index in [-0.39, 0.29) is 24.6 Å². The van der Waals surface area contributed by atoms with E-state index < -0.39 is 0 Å². The average Bonchev–Trinajstić information content (AvgIpc) is 2.73. The number of likely N-dealkylation sites (tertiary alicyclic amines) is 1. The van der Waals surface area contributed by atoms with Gasteiger partial charge in [0.15, 0.2) is 12.6 Å². The van der Waals surface area contributed by atoms with Crippen molar-refractivity contribution >= 4 is 23.6 Å². The first-order valence-electron chi connectivity index (χ1n) is 10.1. The van der Waals surface area contributed by atoms with Gasteiger partial charge in [-0.2, -0.15) is 0 Å². The number of piperidine rings is 1. The fourth-order valence-corrected chi connectivity index (χ4v) is 3.50. The highest BCUT2D eigenvalue weighted by Crippen LogP contribution is 2.31. The van der Waals surface area contributed by atoms with E-state index in [1.807, 2.05) is 24.3 Å². The molecule has 1 saturated heterocycles. The number of hydrogen-bond acceptors (Lipinski definition) is 5. The van der Waals surface area contributed by atoms with Crippen LogP contribution in [0, 0.1) is 0 Å². The van der Waals surface area contributed by atoms with E-state index in [2.05, 4.69) is 10.3 Å². The van der Waals surface area contributed by atoms with Crippen LogP contribution < -0.4 is 20.7 Å². The molecule has 0 aromatic heterocycles. The lowest BCUT2D eigenvalue weighted by molar-refractivity contribution is -0.121. The predicted octanol–water partition coefficient (Wildman–Crippen LogP) is 1.33. The van der Waals surface area contributed by atoms with Crippen molar-refractivity contribution in [2.24, 2.45) is 10.7 Å². The number of anilines is 1. The minimum Gasteiger partial charge on any atom is -0.482 e. The Bertz CT molecular complexity index is 746. The van der Waals surface area contributed by atoms with Crippen molar-refractivity contribution in [3.63, 3.8) is 0 Å². The van der Waals surface area contributed by atoms with E-state index in [1.54, 1.807) is 16.7 Å². The maximum Gasteiger partial charge on any atom is 0.409 e. The average molecular weight is 403 g/mol. The van der Waals surface area contributed by atoms with Gasteiger partial charge in [0, 0.05) is 32.2 Å². The van der Waals surface area contributed by atoms with Crippen LogP contribution in [0.5, 0.6) is 5.75 Å². The molecule has 1 aromatic carbocycles. The number of nitrogens with one attached hydrogen (secondary N) is 1. The Morgan fingerprint density at radius 2 is 2.10 bits per heavy atom. The molecule has 1 fully saturated rings. The number of aliphatic imine (C=N–C) groups is 1. The van der Waals surface area contributed by atoms with Gasteiger partial charge >= 0.3 is 6.09 Å². The van der Waals surface area contributed by atoms with Gasteiger partial charge in [-0.1, -0.05) is 12.1 Å². The van der Waals surface area contributed by atoms with Crippen LogP contribution in [0.4, 0.5) is 10.5 Å². The number of rotatable bonds is 6. The zero-order valence-electron chi connectivity index (χ0n) is 16.8. The third-order valence-corrected chi connectivity index (χ3v) is 5.00. The molecule has 0 saturated carbocycles. The van der Waals surface area contributed by atoms with Gasteiger partial charge in [-0.15, -0.1) is 0 Å². The molecule has 9 heteroatoms. The van der Waals surface area contributed by atoms with Crippen LogP contribution in [0.3, 0.4) is 0 Å². The van der Waals surface area contributed by atoms with Crippen molar-refractivity contribution in [1.29, 1.82) is 0 Å². The van der Waals surface area contributed by atoms with Crippen molar-refractivity contribution in [3.8, 4) is 5.75 Å². The van der Waals surface area contributed by atoms with E-state index in [0.717, 1.165) is 24.3 Å². The molecular formula is C20H29N5O4. The van der Waals surface area contributed by atoms with Gasteiger partial charge in [-0.3, -0.25) is 9.79 Å². The summed E-state index contributed by atoms with van der Waals surface area (Å²) in [6.07, 6.45) is 2.04. The minimum absolute atomic E-state index is 0.0489. The van der Waals surface area contributed by atoms with Crippen LogP contribution in [0.25, 0.3) is 0 Å². The summed E-state index contributed by atoms with van der Waals surface area (Å²) in [6, 6.07) is 7.72. The third-order valence-electron chi connectivity index (χ3n) is 5.00. The summed E-state index contributed by atoms with van der Waals surface area (Å²) in [6.45, 7) is 4.62. The number of nitrogens with zero attached hydrogens (tertiary/aromatic N) is 3. The Labute approximate surface area is 170 Å². The van der Waals surface area contributed by atoms with Gasteiger partial charge in [0.25, 0.3) is 5.91 Å². The van der Waals surface area contributed by atoms with Gasteiger partial charge in [0.2, 0.25) is 0 Å². The number of guanidine groups is 1. The van der Waals surface area contributed by atoms with Crippen LogP contribution in [-0.4, -0.2) is 68.3 Å². The minimum atomic E-state index is -0.258.